The van der Waals surface area contributed by atoms with E-state index in [0.717, 1.165) is 22.0 Å². The molecular formula is C20H20N2O3S. The monoisotopic (exact) mass is 368 g/mol. The third-order valence-corrected chi connectivity index (χ3v) is 4.59. The molecule has 1 N–H and O–H groups in total. The highest BCUT2D eigenvalue weighted by atomic mass is 32.1. The molecule has 0 radical (unpaired) electrons. The molecule has 3 aromatic rings. The van der Waals surface area contributed by atoms with Crippen LogP contribution in [-0.2, 0) is 6.54 Å². The fourth-order valence-corrected chi connectivity index (χ4v) is 3.18. The molecule has 0 aliphatic rings. The number of carbonyl (C=O) groups is 1. The number of aromatic nitrogens is 1. The molecule has 134 valence electrons. The van der Waals surface area contributed by atoms with Crippen LogP contribution in [0.1, 0.15) is 22.3 Å². The van der Waals surface area contributed by atoms with E-state index in [2.05, 4.69) is 10.3 Å². The van der Waals surface area contributed by atoms with Gasteiger partial charge in [0.15, 0.2) is 0 Å². The Morgan fingerprint density at radius 2 is 1.96 bits per heavy atom. The van der Waals surface area contributed by atoms with Crippen molar-refractivity contribution in [1.29, 1.82) is 0 Å². The summed E-state index contributed by atoms with van der Waals surface area (Å²) in [6, 6.07) is 14.9. The summed E-state index contributed by atoms with van der Waals surface area (Å²) < 4.78 is 10.6. The van der Waals surface area contributed by atoms with Crippen LogP contribution in [0.5, 0.6) is 11.5 Å². The molecule has 0 saturated heterocycles. The van der Waals surface area contributed by atoms with Crippen molar-refractivity contribution in [3.8, 4) is 22.8 Å². The molecule has 2 aromatic carbocycles. The van der Waals surface area contributed by atoms with E-state index in [9.17, 15) is 4.79 Å². The van der Waals surface area contributed by atoms with Crippen LogP contribution < -0.4 is 14.8 Å². The number of hydrogen-bond acceptors (Lipinski definition) is 5. The van der Waals surface area contributed by atoms with Crippen molar-refractivity contribution in [2.45, 2.75) is 13.5 Å². The molecule has 1 amide bonds. The van der Waals surface area contributed by atoms with Crippen LogP contribution in [0.2, 0.25) is 0 Å². The Hall–Kier alpha value is -2.86. The lowest BCUT2D eigenvalue weighted by atomic mass is 10.2. The van der Waals surface area contributed by atoms with Crippen LogP contribution >= 0.6 is 11.3 Å². The average molecular weight is 368 g/mol. The lowest BCUT2D eigenvalue weighted by molar-refractivity contribution is 0.0950. The van der Waals surface area contributed by atoms with Crippen LogP contribution in [0.25, 0.3) is 11.3 Å². The summed E-state index contributed by atoms with van der Waals surface area (Å²) in [5.41, 5.74) is 2.48. The van der Waals surface area contributed by atoms with Crippen molar-refractivity contribution in [2.24, 2.45) is 0 Å². The van der Waals surface area contributed by atoms with E-state index in [1.54, 1.807) is 19.2 Å². The number of carbonyl (C=O) groups excluding carboxylic acids is 1. The third-order valence-electron chi connectivity index (χ3n) is 3.74. The Balaban J connectivity index is 1.62. The number of hydrogen-bond donors (Lipinski definition) is 1. The number of methoxy groups -OCH3 is 1. The Kier molecular flexibility index (Phi) is 5.86. The third kappa shape index (κ3) is 4.40. The molecule has 3 rings (SSSR count). The summed E-state index contributed by atoms with van der Waals surface area (Å²) in [6.07, 6.45) is 0. The van der Waals surface area contributed by atoms with Crippen LogP contribution in [-0.4, -0.2) is 24.6 Å². The smallest absolute Gasteiger partial charge is 0.251 e. The molecule has 0 bridgehead atoms. The van der Waals surface area contributed by atoms with Crippen LogP contribution in [0.15, 0.2) is 53.9 Å². The summed E-state index contributed by atoms with van der Waals surface area (Å²) in [7, 11) is 1.64. The Morgan fingerprint density at radius 3 is 2.69 bits per heavy atom. The summed E-state index contributed by atoms with van der Waals surface area (Å²) in [5.74, 6) is 1.36. The van der Waals surface area contributed by atoms with Gasteiger partial charge in [-0.2, -0.15) is 0 Å². The van der Waals surface area contributed by atoms with Crippen molar-refractivity contribution in [1.82, 2.24) is 10.3 Å². The van der Waals surface area contributed by atoms with Gasteiger partial charge >= 0.3 is 0 Å². The lowest BCUT2D eigenvalue weighted by Gasteiger charge is -2.06. The van der Waals surface area contributed by atoms with E-state index in [-0.39, 0.29) is 5.91 Å². The zero-order valence-electron chi connectivity index (χ0n) is 14.7. The topological polar surface area (TPSA) is 60.5 Å². The summed E-state index contributed by atoms with van der Waals surface area (Å²) >= 11 is 1.52. The van der Waals surface area contributed by atoms with Gasteiger partial charge in [0.2, 0.25) is 0 Å². The number of nitrogens with one attached hydrogen (secondary N) is 1. The maximum Gasteiger partial charge on any atom is 0.251 e. The minimum absolute atomic E-state index is 0.146. The number of rotatable bonds is 7. The lowest BCUT2D eigenvalue weighted by Crippen LogP contribution is -2.22. The van der Waals surface area contributed by atoms with Gasteiger partial charge in [-0.3, -0.25) is 4.79 Å². The zero-order valence-corrected chi connectivity index (χ0v) is 15.5. The minimum Gasteiger partial charge on any atom is -0.497 e. The van der Waals surface area contributed by atoms with E-state index < -0.39 is 0 Å². The van der Waals surface area contributed by atoms with Gasteiger partial charge in [0.05, 0.1) is 26.0 Å². The van der Waals surface area contributed by atoms with E-state index in [1.165, 1.54) is 11.3 Å². The maximum absolute atomic E-state index is 12.3. The standard InChI is InChI=1S/C20H20N2O3S/c1-3-25-17-6-4-5-15(11-17)20(23)21-12-19-22-18(13-26-19)14-7-9-16(24-2)10-8-14/h4-11,13H,3,12H2,1-2H3,(H,21,23). The number of ether oxygens (including phenoxy) is 2. The van der Waals surface area contributed by atoms with Crippen LogP contribution in [0, 0.1) is 0 Å². The molecule has 26 heavy (non-hydrogen) atoms. The first kappa shape index (κ1) is 17.9. The molecular weight excluding hydrogens is 348 g/mol. The fraction of sp³-hybridized carbons (Fsp3) is 0.200. The Labute approximate surface area is 156 Å². The quantitative estimate of drug-likeness (QED) is 0.681. The second-order valence-electron chi connectivity index (χ2n) is 5.50. The van der Waals surface area contributed by atoms with Crippen molar-refractivity contribution in [3.63, 3.8) is 0 Å². The fourth-order valence-electron chi connectivity index (χ4n) is 2.44. The molecule has 6 heteroatoms. The number of benzene rings is 2. The SMILES string of the molecule is CCOc1cccc(C(=O)NCc2nc(-c3ccc(OC)cc3)cs2)c1. The highest BCUT2D eigenvalue weighted by Crippen LogP contribution is 2.24. The Morgan fingerprint density at radius 1 is 1.15 bits per heavy atom. The molecule has 5 nitrogen and oxygen atoms in total. The first-order valence-corrected chi connectivity index (χ1v) is 9.17. The van der Waals surface area contributed by atoms with E-state index in [0.29, 0.717) is 24.5 Å². The van der Waals surface area contributed by atoms with E-state index >= 15 is 0 Å². The van der Waals surface area contributed by atoms with Gasteiger partial charge < -0.3 is 14.8 Å². The predicted molar refractivity (Wildman–Crippen MR) is 103 cm³/mol. The maximum atomic E-state index is 12.3. The van der Waals surface area contributed by atoms with Gasteiger partial charge in [0.1, 0.15) is 16.5 Å². The van der Waals surface area contributed by atoms with Crippen molar-refractivity contribution in [3.05, 3.63) is 64.5 Å². The molecule has 1 aromatic heterocycles. The molecule has 0 aliphatic heterocycles. The van der Waals surface area contributed by atoms with E-state index in [4.69, 9.17) is 9.47 Å². The minimum atomic E-state index is -0.146. The van der Waals surface area contributed by atoms with Gasteiger partial charge in [-0.25, -0.2) is 4.98 Å². The predicted octanol–water partition coefficient (Wildman–Crippen LogP) is 4.15. The van der Waals surface area contributed by atoms with Crippen molar-refractivity contribution >= 4 is 17.2 Å². The van der Waals surface area contributed by atoms with Gasteiger partial charge in [0, 0.05) is 16.5 Å². The van der Waals surface area contributed by atoms with Crippen molar-refractivity contribution < 1.29 is 14.3 Å². The Bertz CT molecular complexity index is 875. The number of nitrogens with zero attached hydrogens (tertiary/aromatic N) is 1. The molecule has 0 atom stereocenters. The van der Waals surface area contributed by atoms with Crippen molar-refractivity contribution in [2.75, 3.05) is 13.7 Å². The largest absolute Gasteiger partial charge is 0.497 e. The van der Waals surface area contributed by atoms with Gasteiger partial charge in [0.25, 0.3) is 5.91 Å². The molecule has 0 saturated carbocycles. The second-order valence-corrected chi connectivity index (χ2v) is 6.44. The van der Waals surface area contributed by atoms with Gasteiger partial charge in [-0.05, 0) is 49.4 Å². The van der Waals surface area contributed by atoms with Gasteiger partial charge in [-0.15, -0.1) is 11.3 Å². The molecule has 0 aliphatic carbocycles. The van der Waals surface area contributed by atoms with Crippen LogP contribution in [0.3, 0.4) is 0 Å². The summed E-state index contributed by atoms with van der Waals surface area (Å²) in [5, 5.41) is 5.74. The molecule has 0 unspecified atom stereocenters. The summed E-state index contributed by atoms with van der Waals surface area (Å²) in [4.78, 5) is 16.9. The van der Waals surface area contributed by atoms with Crippen LogP contribution in [0.4, 0.5) is 0 Å². The number of thiazole rings is 1. The van der Waals surface area contributed by atoms with Gasteiger partial charge in [-0.1, -0.05) is 6.07 Å². The molecule has 0 spiro atoms. The van der Waals surface area contributed by atoms with E-state index in [1.807, 2.05) is 48.7 Å². The highest BCUT2D eigenvalue weighted by molar-refractivity contribution is 7.09. The average Bonchev–Trinajstić information content (AvgIpc) is 3.16. The normalized spacial score (nSPS) is 10.4. The second kappa shape index (κ2) is 8.49. The summed E-state index contributed by atoms with van der Waals surface area (Å²) in [6.45, 7) is 2.87. The number of amides is 1. The zero-order chi connectivity index (χ0) is 18.4. The molecule has 1 heterocycles. The highest BCUT2D eigenvalue weighted by Gasteiger charge is 2.09. The molecule has 0 fully saturated rings. The first-order chi connectivity index (χ1) is 12.7. The first-order valence-electron chi connectivity index (χ1n) is 8.29.